The Bertz CT molecular complexity index is 827. The maximum absolute atomic E-state index is 12.4. The quantitative estimate of drug-likeness (QED) is 0.538. The fourth-order valence-electron chi connectivity index (χ4n) is 3.94. The summed E-state index contributed by atoms with van der Waals surface area (Å²) >= 11 is 0. The number of Topliss-reactive ketones (excluding diaryl/α,β-unsaturated/α-hetero) is 1. The first kappa shape index (κ1) is 21.8. The predicted molar refractivity (Wildman–Crippen MR) is 116 cm³/mol. The first-order valence-corrected chi connectivity index (χ1v) is 10.6. The van der Waals surface area contributed by atoms with E-state index in [1.165, 1.54) is 0 Å². The Morgan fingerprint density at radius 3 is 2.34 bits per heavy atom. The number of unbranched alkanes of at least 4 members (excludes halogenated alkanes) is 2. The molecule has 5 nitrogen and oxygen atoms in total. The van der Waals surface area contributed by atoms with Crippen LogP contribution in [0.5, 0.6) is 0 Å². The van der Waals surface area contributed by atoms with Crippen LogP contribution in [-0.4, -0.2) is 30.0 Å². The predicted octanol–water partition coefficient (Wildman–Crippen LogP) is 3.49. The lowest BCUT2D eigenvalue weighted by Gasteiger charge is -2.32. The van der Waals surface area contributed by atoms with Crippen molar-refractivity contribution in [3.8, 4) is 0 Å². The van der Waals surface area contributed by atoms with Gasteiger partial charge in [0.1, 0.15) is 5.78 Å². The highest BCUT2D eigenvalue weighted by Gasteiger charge is 2.51. The van der Waals surface area contributed by atoms with Crippen LogP contribution in [0.15, 0.2) is 24.3 Å². The van der Waals surface area contributed by atoms with E-state index in [0.717, 1.165) is 35.9 Å². The molecule has 1 aliphatic heterocycles. The molecular weight excluding hydrogens is 365 g/mol. The minimum Gasteiger partial charge on any atom is -0.399 e. The fourth-order valence-corrected chi connectivity index (χ4v) is 3.94. The van der Waals surface area contributed by atoms with Crippen molar-refractivity contribution in [3.05, 3.63) is 35.4 Å². The van der Waals surface area contributed by atoms with Gasteiger partial charge < -0.3 is 15.0 Å². The molecule has 1 aromatic rings. The number of amides is 1. The molecule has 6 heteroatoms. The summed E-state index contributed by atoms with van der Waals surface area (Å²) in [6.07, 6.45) is 5.91. The van der Waals surface area contributed by atoms with E-state index in [1.807, 2.05) is 52.0 Å². The molecule has 29 heavy (non-hydrogen) atoms. The lowest BCUT2D eigenvalue weighted by molar-refractivity contribution is -0.119. The summed E-state index contributed by atoms with van der Waals surface area (Å²) in [7, 11) is -0.505. The van der Waals surface area contributed by atoms with E-state index in [-0.39, 0.29) is 11.7 Å². The molecule has 3 rings (SSSR count). The second-order valence-corrected chi connectivity index (χ2v) is 9.19. The standard InChI is InChI=1S/C23H32BNO4/c1-6-7-8-9-17(26)12-15-13-20(21(25)27)19-14-16(10-11-18(15)19)24-28-22(2,3)23(4,5)29-24/h10-11,13-15H,6-9,12H2,1-5H3,(H2,25,27). The molecule has 1 heterocycles. The highest BCUT2D eigenvalue weighted by Crippen LogP contribution is 2.40. The molecule has 0 saturated carbocycles. The number of hydrogen-bond acceptors (Lipinski definition) is 4. The van der Waals surface area contributed by atoms with Crippen molar-refractivity contribution in [1.82, 2.24) is 0 Å². The van der Waals surface area contributed by atoms with Gasteiger partial charge in [0.05, 0.1) is 11.2 Å². The maximum Gasteiger partial charge on any atom is 0.494 e. The van der Waals surface area contributed by atoms with E-state index in [9.17, 15) is 9.59 Å². The van der Waals surface area contributed by atoms with E-state index in [1.54, 1.807) is 0 Å². The Hall–Kier alpha value is -1.92. The van der Waals surface area contributed by atoms with Gasteiger partial charge in [0.15, 0.2) is 0 Å². The summed E-state index contributed by atoms with van der Waals surface area (Å²) in [5.41, 5.74) is 7.85. The van der Waals surface area contributed by atoms with Gasteiger partial charge in [0.25, 0.3) is 0 Å². The van der Waals surface area contributed by atoms with E-state index in [2.05, 4.69) is 6.92 Å². The van der Waals surface area contributed by atoms with E-state index < -0.39 is 24.2 Å². The van der Waals surface area contributed by atoms with Gasteiger partial charge in [-0.2, -0.15) is 0 Å². The topological polar surface area (TPSA) is 78.6 Å². The molecule has 1 aromatic carbocycles. The smallest absolute Gasteiger partial charge is 0.399 e. The van der Waals surface area contributed by atoms with Crippen molar-refractivity contribution in [3.63, 3.8) is 0 Å². The Kier molecular flexibility index (Phi) is 6.07. The zero-order chi connectivity index (χ0) is 21.4. The van der Waals surface area contributed by atoms with Crippen LogP contribution >= 0.6 is 0 Å². The van der Waals surface area contributed by atoms with Crippen LogP contribution in [0.25, 0.3) is 5.57 Å². The van der Waals surface area contributed by atoms with Crippen LogP contribution in [0.3, 0.4) is 0 Å². The Morgan fingerprint density at radius 1 is 1.10 bits per heavy atom. The number of allylic oxidation sites excluding steroid dienone is 1. The van der Waals surface area contributed by atoms with Gasteiger partial charge in [-0.05, 0) is 50.7 Å². The molecule has 1 aliphatic carbocycles. The lowest BCUT2D eigenvalue weighted by Crippen LogP contribution is -2.41. The number of primary amides is 1. The Morgan fingerprint density at radius 2 is 1.76 bits per heavy atom. The molecule has 0 aromatic heterocycles. The molecule has 0 spiro atoms. The van der Waals surface area contributed by atoms with Crippen molar-refractivity contribution in [2.45, 2.75) is 83.8 Å². The zero-order valence-electron chi connectivity index (χ0n) is 18.2. The van der Waals surface area contributed by atoms with Crippen LogP contribution in [0, 0.1) is 0 Å². The van der Waals surface area contributed by atoms with Gasteiger partial charge in [-0.1, -0.05) is 44.0 Å². The number of fused-ring (bicyclic) bond motifs is 1. The molecule has 1 saturated heterocycles. The van der Waals surface area contributed by atoms with Crippen molar-refractivity contribution in [2.24, 2.45) is 5.73 Å². The van der Waals surface area contributed by atoms with Crippen LogP contribution in [0.2, 0.25) is 0 Å². The summed E-state index contributed by atoms with van der Waals surface area (Å²) < 4.78 is 12.3. The summed E-state index contributed by atoms with van der Waals surface area (Å²) in [5, 5.41) is 0. The van der Waals surface area contributed by atoms with Gasteiger partial charge in [-0.25, -0.2) is 0 Å². The number of ketones is 1. The third kappa shape index (κ3) is 4.33. The van der Waals surface area contributed by atoms with Crippen LogP contribution in [-0.2, 0) is 18.9 Å². The van der Waals surface area contributed by atoms with Crippen LogP contribution in [0.4, 0.5) is 0 Å². The van der Waals surface area contributed by atoms with E-state index in [0.29, 0.717) is 18.4 Å². The lowest BCUT2D eigenvalue weighted by atomic mass is 9.77. The number of rotatable bonds is 8. The fraction of sp³-hybridized carbons (Fsp3) is 0.565. The normalized spacial score (nSPS) is 21.8. The molecule has 1 atom stereocenters. The highest BCUT2D eigenvalue weighted by molar-refractivity contribution is 6.62. The van der Waals surface area contributed by atoms with Crippen molar-refractivity contribution in [1.29, 1.82) is 0 Å². The first-order valence-electron chi connectivity index (χ1n) is 10.6. The SMILES string of the molecule is CCCCCC(=O)CC1C=C(C(N)=O)c2cc(B3OC(C)(C)C(C)(C)O3)ccc21. The number of hydrogen-bond donors (Lipinski definition) is 1. The Labute approximate surface area is 174 Å². The molecule has 156 valence electrons. The Balaban J connectivity index is 1.83. The molecular formula is C23H32BNO4. The number of carbonyl (C=O) groups excluding carboxylic acids is 2. The number of nitrogens with two attached hydrogens (primary N) is 1. The summed E-state index contributed by atoms with van der Waals surface area (Å²) in [5.74, 6) is -0.348. The monoisotopic (exact) mass is 397 g/mol. The summed E-state index contributed by atoms with van der Waals surface area (Å²) in [6, 6.07) is 5.87. The zero-order valence-corrected chi connectivity index (χ0v) is 18.2. The minimum absolute atomic E-state index is 0.103. The molecule has 0 bridgehead atoms. The van der Waals surface area contributed by atoms with Crippen LogP contribution in [0.1, 0.15) is 83.8 Å². The average Bonchev–Trinajstić information content (AvgIpc) is 3.09. The van der Waals surface area contributed by atoms with Crippen LogP contribution < -0.4 is 11.2 Å². The van der Waals surface area contributed by atoms with Crippen molar-refractivity contribution >= 4 is 29.8 Å². The van der Waals surface area contributed by atoms with Crippen molar-refractivity contribution in [2.75, 3.05) is 0 Å². The average molecular weight is 397 g/mol. The van der Waals surface area contributed by atoms with Gasteiger partial charge >= 0.3 is 7.12 Å². The minimum atomic E-state index is -0.505. The highest BCUT2D eigenvalue weighted by atomic mass is 16.7. The molecule has 1 unspecified atom stereocenters. The largest absolute Gasteiger partial charge is 0.494 e. The molecule has 2 N–H and O–H groups in total. The second-order valence-electron chi connectivity index (χ2n) is 9.19. The summed E-state index contributed by atoms with van der Waals surface area (Å²) in [6.45, 7) is 10.2. The molecule has 0 radical (unpaired) electrons. The third-order valence-corrected chi connectivity index (χ3v) is 6.43. The van der Waals surface area contributed by atoms with Gasteiger partial charge in [0, 0.05) is 24.3 Å². The third-order valence-electron chi connectivity index (χ3n) is 6.43. The maximum atomic E-state index is 12.4. The van der Waals surface area contributed by atoms with Crippen molar-refractivity contribution < 1.29 is 18.9 Å². The first-order chi connectivity index (χ1) is 13.6. The molecule has 1 amide bonds. The second kappa shape index (κ2) is 8.08. The van der Waals surface area contributed by atoms with Gasteiger partial charge in [-0.15, -0.1) is 0 Å². The number of carbonyl (C=O) groups is 2. The van der Waals surface area contributed by atoms with E-state index in [4.69, 9.17) is 15.0 Å². The molecule has 1 fully saturated rings. The van der Waals surface area contributed by atoms with E-state index >= 15 is 0 Å². The van der Waals surface area contributed by atoms with Gasteiger partial charge in [-0.3, -0.25) is 9.59 Å². The van der Waals surface area contributed by atoms with Gasteiger partial charge in [0.2, 0.25) is 5.91 Å². The number of benzene rings is 1. The summed E-state index contributed by atoms with van der Waals surface area (Å²) in [4.78, 5) is 24.4. The molecule has 2 aliphatic rings.